The van der Waals surface area contributed by atoms with E-state index in [2.05, 4.69) is 20.4 Å². The zero-order valence-corrected chi connectivity index (χ0v) is 17.2. The van der Waals surface area contributed by atoms with Gasteiger partial charge in [0.1, 0.15) is 5.00 Å². The molecule has 3 aromatic heterocycles. The molecule has 5 rings (SSSR count). The molecular weight excluding hydrogens is 412 g/mol. The average molecular weight is 428 g/mol. The number of benzene rings is 2. The van der Waals surface area contributed by atoms with Gasteiger partial charge in [-0.2, -0.15) is 9.50 Å². The maximum atomic E-state index is 12.9. The summed E-state index contributed by atoms with van der Waals surface area (Å²) in [7, 11) is 0. The first-order valence-corrected chi connectivity index (χ1v) is 10.3. The molecular formula is C22H16N6O2S. The van der Waals surface area contributed by atoms with Gasteiger partial charge < -0.3 is 11.1 Å². The fraction of sp³-hybridized carbons (Fsp3) is 0.0455. The molecule has 0 saturated carbocycles. The van der Waals surface area contributed by atoms with Gasteiger partial charge in [-0.15, -0.1) is 16.4 Å². The number of carbonyl (C=O) groups excluding carboxylic acids is 2. The topological polar surface area (TPSA) is 115 Å². The number of aryl methyl sites for hydroxylation is 1. The number of carbonyl (C=O) groups is 2. The van der Waals surface area contributed by atoms with Crippen molar-refractivity contribution in [2.75, 3.05) is 5.32 Å². The number of hydrogen-bond donors (Lipinski definition) is 2. The van der Waals surface area contributed by atoms with Crippen LogP contribution in [0.5, 0.6) is 0 Å². The number of rotatable bonds is 4. The molecule has 0 atom stereocenters. The monoisotopic (exact) mass is 428 g/mol. The first-order chi connectivity index (χ1) is 15.0. The van der Waals surface area contributed by atoms with Gasteiger partial charge in [0.2, 0.25) is 5.82 Å². The van der Waals surface area contributed by atoms with Gasteiger partial charge in [-0.3, -0.25) is 9.59 Å². The minimum atomic E-state index is -0.612. The highest BCUT2D eigenvalue weighted by atomic mass is 32.1. The van der Waals surface area contributed by atoms with Gasteiger partial charge in [0.15, 0.2) is 0 Å². The van der Waals surface area contributed by atoms with Gasteiger partial charge >= 0.3 is 0 Å². The summed E-state index contributed by atoms with van der Waals surface area (Å²) in [5.41, 5.74) is 8.30. The van der Waals surface area contributed by atoms with Crippen molar-refractivity contribution in [1.82, 2.24) is 19.6 Å². The summed E-state index contributed by atoms with van der Waals surface area (Å²) in [6, 6.07) is 18.9. The van der Waals surface area contributed by atoms with E-state index in [4.69, 9.17) is 5.73 Å². The van der Waals surface area contributed by atoms with Gasteiger partial charge in [-0.05, 0) is 19.1 Å². The highest BCUT2D eigenvalue weighted by Crippen LogP contribution is 2.35. The Balaban J connectivity index is 1.57. The van der Waals surface area contributed by atoms with Crippen molar-refractivity contribution in [3.8, 4) is 11.3 Å². The molecule has 0 bridgehead atoms. The van der Waals surface area contributed by atoms with Crippen molar-refractivity contribution in [2.45, 2.75) is 6.92 Å². The van der Waals surface area contributed by atoms with E-state index in [-0.39, 0.29) is 11.4 Å². The third kappa shape index (κ3) is 3.30. The SMILES string of the molecule is Cc1cc(-c2ccccc2)n2nc(C(=O)Nc3sc4ccccc4c3C(N)=O)nc2n1. The minimum absolute atomic E-state index is 0.0526. The van der Waals surface area contributed by atoms with Gasteiger partial charge in [-0.25, -0.2) is 4.98 Å². The Bertz CT molecular complexity index is 1470. The zero-order valence-electron chi connectivity index (χ0n) is 16.4. The van der Waals surface area contributed by atoms with E-state index in [0.717, 1.165) is 21.7 Å². The van der Waals surface area contributed by atoms with E-state index >= 15 is 0 Å². The summed E-state index contributed by atoms with van der Waals surface area (Å²) in [6.07, 6.45) is 0. The van der Waals surface area contributed by atoms with Crippen molar-refractivity contribution in [1.29, 1.82) is 0 Å². The van der Waals surface area contributed by atoms with E-state index in [1.165, 1.54) is 15.9 Å². The predicted octanol–water partition coefficient (Wildman–Crippen LogP) is 3.67. The maximum absolute atomic E-state index is 12.9. The highest BCUT2D eigenvalue weighted by Gasteiger charge is 2.22. The Morgan fingerprint density at radius 3 is 2.55 bits per heavy atom. The van der Waals surface area contributed by atoms with Gasteiger partial charge in [0.05, 0.1) is 11.3 Å². The number of hydrogen-bond acceptors (Lipinski definition) is 6. The second-order valence-corrected chi connectivity index (χ2v) is 7.97. The average Bonchev–Trinajstić information content (AvgIpc) is 3.34. The van der Waals surface area contributed by atoms with E-state index < -0.39 is 11.8 Å². The lowest BCUT2D eigenvalue weighted by atomic mass is 10.1. The van der Waals surface area contributed by atoms with Crippen LogP contribution in [0.15, 0.2) is 60.7 Å². The van der Waals surface area contributed by atoms with Crippen LogP contribution in [-0.4, -0.2) is 31.4 Å². The second kappa shape index (κ2) is 7.29. The number of aromatic nitrogens is 4. The smallest absolute Gasteiger partial charge is 0.296 e. The molecule has 2 amide bonds. The van der Waals surface area contributed by atoms with E-state index in [0.29, 0.717) is 16.2 Å². The molecule has 0 radical (unpaired) electrons. The van der Waals surface area contributed by atoms with Crippen molar-refractivity contribution in [2.24, 2.45) is 5.73 Å². The fourth-order valence-electron chi connectivity index (χ4n) is 3.43. The number of thiophene rings is 1. The van der Waals surface area contributed by atoms with Crippen LogP contribution >= 0.6 is 11.3 Å². The molecule has 152 valence electrons. The Labute approximate surface area is 180 Å². The molecule has 0 spiro atoms. The summed E-state index contributed by atoms with van der Waals surface area (Å²) in [5, 5.41) is 8.18. The van der Waals surface area contributed by atoms with Crippen LogP contribution in [0.25, 0.3) is 27.1 Å². The van der Waals surface area contributed by atoms with Crippen LogP contribution in [-0.2, 0) is 0 Å². The zero-order chi connectivity index (χ0) is 21.5. The third-order valence-electron chi connectivity index (χ3n) is 4.78. The first-order valence-electron chi connectivity index (χ1n) is 9.44. The molecule has 0 saturated heterocycles. The van der Waals surface area contributed by atoms with E-state index in [1.807, 2.05) is 61.5 Å². The summed E-state index contributed by atoms with van der Waals surface area (Å²) in [6.45, 7) is 1.86. The third-order valence-corrected chi connectivity index (χ3v) is 5.87. The number of anilines is 1. The largest absolute Gasteiger partial charge is 0.365 e. The lowest BCUT2D eigenvalue weighted by Crippen LogP contribution is -2.17. The number of primary amides is 1. The standard InChI is InChI=1S/C22H16N6O2S/c1-12-11-15(13-7-3-2-4-8-13)28-22(24-12)25-19(27-28)20(30)26-21-17(18(23)29)14-9-5-6-10-16(14)31-21/h2-11H,1H3,(H2,23,29)(H,26,30). The molecule has 5 aromatic rings. The second-order valence-electron chi connectivity index (χ2n) is 6.92. The fourth-order valence-corrected chi connectivity index (χ4v) is 4.54. The molecule has 0 fully saturated rings. The van der Waals surface area contributed by atoms with E-state index in [1.54, 1.807) is 6.07 Å². The van der Waals surface area contributed by atoms with Gasteiger partial charge in [-0.1, -0.05) is 48.5 Å². The number of fused-ring (bicyclic) bond motifs is 2. The number of nitrogens with zero attached hydrogens (tertiary/aromatic N) is 4. The van der Waals surface area contributed by atoms with E-state index in [9.17, 15) is 9.59 Å². The van der Waals surface area contributed by atoms with Crippen molar-refractivity contribution < 1.29 is 9.59 Å². The van der Waals surface area contributed by atoms with Crippen LogP contribution in [0.1, 0.15) is 26.7 Å². The quantitative estimate of drug-likeness (QED) is 0.453. The number of nitrogens with one attached hydrogen (secondary N) is 1. The lowest BCUT2D eigenvalue weighted by Gasteiger charge is -2.04. The normalized spacial score (nSPS) is 11.1. The van der Waals surface area contributed by atoms with Crippen LogP contribution in [0.2, 0.25) is 0 Å². The highest BCUT2D eigenvalue weighted by molar-refractivity contribution is 7.23. The Morgan fingerprint density at radius 2 is 1.77 bits per heavy atom. The van der Waals surface area contributed by atoms with Gasteiger partial charge in [0, 0.05) is 21.3 Å². The first kappa shape index (κ1) is 18.9. The number of amides is 2. The summed E-state index contributed by atoms with van der Waals surface area (Å²) in [4.78, 5) is 33.7. The molecule has 0 aliphatic heterocycles. The van der Waals surface area contributed by atoms with Crippen LogP contribution in [0.3, 0.4) is 0 Å². The van der Waals surface area contributed by atoms with Crippen LogP contribution in [0, 0.1) is 6.92 Å². The number of nitrogens with two attached hydrogens (primary N) is 1. The van der Waals surface area contributed by atoms with Crippen molar-refractivity contribution >= 4 is 44.0 Å². The van der Waals surface area contributed by atoms with Crippen LogP contribution in [0.4, 0.5) is 5.00 Å². The molecule has 0 unspecified atom stereocenters. The molecule has 31 heavy (non-hydrogen) atoms. The molecule has 0 aliphatic carbocycles. The molecule has 0 aliphatic rings. The predicted molar refractivity (Wildman–Crippen MR) is 119 cm³/mol. The minimum Gasteiger partial charge on any atom is -0.365 e. The Hall–Kier alpha value is -4.11. The van der Waals surface area contributed by atoms with Crippen molar-refractivity contribution in [3.05, 3.63) is 77.7 Å². The Kier molecular flexibility index (Phi) is 4.45. The summed E-state index contributed by atoms with van der Waals surface area (Å²) < 4.78 is 2.38. The molecule has 9 heteroatoms. The molecule has 2 aromatic carbocycles. The van der Waals surface area contributed by atoms with Crippen LogP contribution < -0.4 is 11.1 Å². The maximum Gasteiger partial charge on any atom is 0.296 e. The Morgan fingerprint density at radius 1 is 1.03 bits per heavy atom. The lowest BCUT2D eigenvalue weighted by molar-refractivity contribution is 0.100. The summed E-state index contributed by atoms with van der Waals surface area (Å²) in [5.74, 6) is -0.894. The molecule has 8 nitrogen and oxygen atoms in total. The molecule has 3 N–H and O–H groups in total. The van der Waals surface area contributed by atoms with Gasteiger partial charge in [0.25, 0.3) is 17.6 Å². The van der Waals surface area contributed by atoms with Crippen molar-refractivity contribution in [3.63, 3.8) is 0 Å². The molecule has 3 heterocycles. The summed E-state index contributed by atoms with van der Waals surface area (Å²) >= 11 is 1.27.